The first-order valence-electron chi connectivity index (χ1n) is 9.43. The van der Waals surface area contributed by atoms with E-state index in [2.05, 4.69) is 15.3 Å². The first kappa shape index (κ1) is 21.6. The van der Waals surface area contributed by atoms with Gasteiger partial charge in [0, 0.05) is 17.8 Å². The van der Waals surface area contributed by atoms with Crippen molar-refractivity contribution < 1.29 is 14.5 Å². The van der Waals surface area contributed by atoms with Crippen LogP contribution in [0.3, 0.4) is 0 Å². The van der Waals surface area contributed by atoms with Crippen molar-refractivity contribution in [2.75, 3.05) is 11.1 Å². The summed E-state index contributed by atoms with van der Waals surface area (Å²) < 4.78 is 5.41. The number of aromatic amines is 1. The number of allylic oxidation sites excluding steroid dienone is 1. The van der Waals surface area contributed by atoms with E-state index in [-0.39, 0.29) is 28.5 Å². The van der Waals surface area contributed by atoms with E-state index in [4.69, 9.17) is 4.74 Å². The Morgan fingerprint density at radius 2 is 2.00 bits per heavy atom. The zero-order valence-corrected chi connectivity index (χ0v) is 17.8. The zero-order valence-electron chi connectivity index (χ0n) is 17.0. The number of nitro benzene ring substituents is 1. The first-order valence-corrected chi connectivity index (χ1v) is 10.4. The summed E-state index contributed by atoms with van der Waals surface area (Å²) in [5.41, 5.74) is 1.15. The van der Waals surface area contributed by atoms with Crippen molar-refractivity contribution in [1.29, 1.82) is 0 Å². The third-order valence-corrected chi connectivity index (χ3v) is 5.26. The molecule has 0 aliphatic carbocycles. The number of carbonyl (C=O) groups is 1. The van der Waals surface area contributed by atoms with Crippen molar-refractivity contribution in [2.45, 2.75) is 44.9 Å². The summed E-state index contributed by atoms with van der Waals surface area (Å²) in [4.78, 5) is 43.7. The summed E-state index contributed by atoms with van der Waals surface area (Å²) in [7, 11) is 0. The van der Waals surface area contributed by atoms with E-state index in [1.807, 2.05) is 6.92 Å². The Hall–Kier alpha value is -3.14. The molecule has 1 aromatic carbocycles. The summed E-state index contributed by atoms with van der Waals surface area (Å²) in [6, 6.07) is 5.78. The number of esters is 1. The van der Waals surface area contributed by atoms with Gasteiger partial charge in [-0.25, -0.2) is 9.78 Å². The molecular weight excluding hydrogens is 408 g/mol. The summed E-state index contributed by atoms with van der Waals surface area (Å²) in [6.07, 6.45) is -0.351. The molecule has 0 radical (unpaired) electrons. The molecular formula is C20H22N4O5S. The second-order valence-electron chi connectivity index (χ2n) is 6.97. The summed E-state index contributed by atoms with van der Waals surface area (Å²) in [5.74, 6) is -0.244. The topological polar surface area (TPSA) is 127 Å². The number of thioether (sulfide) groups is 1. The lowest BCUT2D eigenvalue weighted by Crippen LogP contribution is -2.31. The second-order valence-corrected chi connectivity index (χ2v) is 8.22. The molecule has 30 heavy (non-hydrogen) atoms. The Balaban J connectivity index is 2.20. The molecule has 0 amide bonds. The average Bonchev–Trinajstić information content (AvgIpc) is 2.66. The van der Waals surface area contributed by atoms with Crippen LogP contribution in [0.15, 0.2) is 45.5 Å². The molecule has 0 bridgehead atoms. The Morgan fingerprint density at radius 1 is 1.33 bits per heavy atom. The molecule has 0 saturated heterocycles. The molecule has 1 atom stereocenters. The lowest BCUT2D eigenvalue weighted by Gasteiger charge is -2.29. The number of non-ortho nitro benzene ring substituents is 1. The van der Waals surface area contributed by atoms with E-state index in [0.717, 1.165) is 5.75 Å². The summed E-state index contributed by atoms with van der Waals surface area (Å²) in [6.45, 7) is 7.14. The van der Waals surface area contributed by atoms with E-state index in [0.29, 0.717) is 22.2 Å². The third kappa shape index (κ3) is 4.23. The van der Waals surface area contributed by atoms with Crippen LogP contribution in [0, 0.1) is 10.1 Å². The zero-order chi connectivity index (χ0) is 22.0. The fourth-order valence-corrected chi connectivity index (χ4v) is 3.90. The van der Waals surface area contributed by atoms with Crippen molar-refractivity contribution in [2.24, 2.45) is 0 Å². The van der Waals surface area contributed by atoms with E-state index in [1.165, 1.54) is 23.9 Å². The van der Waals surface area contributed by atoms with Crippen LogP contribution in [0.5, 0.6) is 0 Å². The van der Waals surface area contributed by atoms with E-state index < -0.39 is 16.8 Å². The van der Waals surface area contributed by atoms with Crippen molar-refractivity contribution in [3.8, 4) is 0 Å². The number of nitro groups is 1. The van der Waals surface area contributed by atoms with E-state index in [1.54, 1.807) is 32.9 Å². The Kier molecular flexibility index (Phi) is 6.25. The molecule has 9 nitrogen and oxygen atoms in total. The number of aromatic nitrogens is 2. The smallest absolute Gasteiger partial charge is 0.337 e. The van der Waals surface area contributed by atoms with Crippen LogP contribution in [-0.2, 0) is 9.53 Å². The highest BCUT2D eigenvalue weighted by Gasteiger charge is 2.36. The highest BCUT2D eigenvalue weighted by Crippen LogP contribution is 2.40. The number of carbonyl (C=O) groups excluding carboxylic acids is 1. The van der Waals surface area contributed by atoms with Crippen LogP contribution in [0.4, 0.5) is 11.5 Å². The number of nitrogens with zero attached hydrogens (tertiary/aromatic N) is 2. The number of hydrogen-bond acceptors (Lipinski definition) is 8. The molecule has 1 aliphatic rings. The van der Waals surface area contributed by atoms with Gasteiger partial charge >= 0.3 is 5.97 Å². The standard InChI is InChI=1S/C20H22N4O5S/c1-5-30-20-22-17-16(18(25)23-20)15(12-6-8-13(9-7-12)24(27)28)14(11(4)21-17)19(26)29-10(2)3/h6-10,15H,5H2,1-4H3,(H2,21,22,23,25). The maximum Gasteiger partial charge on any atom is 0.337 e. The molecule has 3 rings (SSSR count). The van der Waals surface area contributed by atoms with Crippen molar-refractivity contribution in [1.82, 2.24) is 9.97 Å². The van der Waals surface area contributed by atoms with E-state index in [9.17, 15) is 19.7 Å². The Morgan fingerprint density at radius 3 is 2.57 bits per heavy atom. The number of H-pyrrole nitrogens is 1. The molecule has 1 aliphatic heterocycles. The SMILES string of the molecule is CCSc1nc2c(c(=O)[nH]1)C(c1ccc([N+](=O)[O-])cc1)C(C(=O)OC(C)C)=C(C)N2. The number of ether oxygens (including phenoxy) is 1. The van der Waals surface area contributed by atoms with Gasteiger partial charge in [-0.1, -0.05) is 30.8 Å². The van der Waals surface area contributed by atoms with Gasteiger partial charge in [0.2, 0.25) is 0 Å². The molecule has 1 aromatic heterocycles. The lowest BCUT2D eigenvalue weighted by atomic mass is 9.82. The molecule has 10 heteroatoms. The van der Waals surface area contributed by atoms with Gasteiger partial charge in [-0.2, -0.15) is 0 Å². The largest absolute Gasteiger partial charge is 0.460 e. The van der Waals surface area contributed by atoms with E-state index >= 15 is 0 Å². The summed E-state index contributed by atoms with van der Waals surface area (Å²) in [5, 5.41) is 14.6. The number of benzene rings is 1. The maximum absolute atomic E-state index is 13.0. The van der Waals surface area contributed by atoms with Gasteiger partial charge in [-0.15, -0.1) is 0 Å². The van der Waals surface area contributed by atoms with Gasteiger partial charge in [0.25, 0.3) is 11.2 Å². The highest BCUT2D eigenvalue weighted by atomic mass is 32.2. The van der Waals surface area contributed by atoms with Crippen LogP contribution >= 0.6 is 11.8 Å². The molecule has 2 N–H and O–H groups in total. The van der Waals surface area contributed by atoms with Gasteiger partial charge in [0.05, 0.1) is 28.1 Å². The summed E-state index contributed by atoms with van der Waals surface area (Å²) >= 11 is 1.39. The van der Waals surface area contributed by atoms with Gasteiger partial charge in [-0.05, 0) is 32.1 Å². The molecule has 2 aromatic rings. The highest BCUT2D eigenvalue weighted by molar-refractivity contribution is 7.99. The fourth-order valence-electron chi connectivity index (χ4n) is 3.31. The number of fused-ring (bicyclic) bond motifs is 1. The Labute approximate surface area is 177 Å². The minimum atomic E-state index is -0.773. The second kappa shape index (κ2) is 8.70. The molecule has 0 spiro atoms. The number of hydrogen-bond donors (Lipinski definition) is 2. The van der Waals surface area contributed by atoms with Crippen LogP contribution in [0.25, 0.3) is 0 Å². The van der Waals surface area contributed by atoms with Gasteiger partial charge in [0.1, 0.15) is 5.82 Å². The Bertz CT molecular complexity index is 1080. The fraction of sp³-hybridized carbons (Fsp3) is 0.350. The molecule has 1 unspecified atom stereocenters. The first-order chi connectivity index (χ1) is 14.2. The maximum atomic E-state index is 13.0. The number of nitrogens with one attached hydrogen (secondary N) is 2. The quantitative estimate of drug-likeness (QED) is 0.234. The van der Waals surface area contributed by atoms with Crippen molar-refractivity contribution in [3.63, 3.8) is 0 Å². The molecule has 0 fully saturated rings. The number of rotatable bonds is 6. The van der Waals surface area contributed by atoms with Crippen LogP contribution in [-0.4, -0.2) is 32.7 Å². The molecule has 0 saturated carbocycles. The number of anilines is 1. The lowest BCUT2D eigenvalue weighted by molar-refractivity contribution is -0.384. The van der Waals surface area contributed by atoms with Crippen LogP contribution in [0.2, 0.25) is 0 Å². The van der Waals surface area contributed by atoms with Crippen molar-refractivity contribution in [3.05, 3.63) is 67.1 Å². The molecule has 158 valence electrons. The van der Waals surface area contributed by atoms with Gasteiger partial charge in [-0.3, -0.25) is 14.9 Å². The van der Waals surface area contributed by atoms with Crippen LogP contribution in [0.1, 0.15) is 44.7 Å². The predicted octanol–water partition coefficient (Wildman–Crippen LogP) is 3.57. The minimum Gasteiger partial charge on any atom is -0.460 e. The average molecular weight is 430 g/mol. The molecule has 2 heterocycles. The van der Waals surface area contributed by atoms with Gasteiger partial charge < -0.3 is 15.0 Å². The monoisotopic (exact) mass is 430 g/mol. The third-order valence-electron chi connectivity index (χ3n) is 4.50. The van der Waals surface area contributed by atoms with Crippen LogP contribution < -0.4 is 10.9 Å². The normalized spacial score (nSPS) is 15.6. The predicted molar refractivity (Wildman–Crippen MR) is 114 cm³/mol. The van der Waals surface area contributed by atoms with Crippen molar-refractivity contribution >= 4 is 29.2 Å². The minimum absolute atomic E-state index is 0.0818. The van der Waals surface area contributed by atoms with Gasteiger partial charge in [0.15, 0.2) is 5.16 Å².